The summed E-state index contributed by atoms with van der Waals surface area (Å²) >= 11 is 0. The van der Waals surface area contributed by atoms with Gasteiger partial charge >= 0.3 is 0 Å². The second-order valence-corrected chi connectivity index (χ2v) is 4.75. The Morgan fingerprint density at radius 2 is 2.00 bits per heavy atom. The topological polar surface area (TPSA) is 28.2 Å². The number of pyridine rings is 1. The van der Waals surface area contributed by atoms with Crippen LogP contribution in [0.2, 0.25) is 0 Å². The summed E-state index contributed by atoms with van der Waals surface area (Å²) in [5, 5.41) is 3.26. The summed E-state index contributed by atoms with van der Waals surface area (Å²) in [6, 6.07) is 12.6. The molecule has 4 heteroatoms. The van der Waals surface area contributed by atoms with Crippen molar-refractivity contribution >= 4 is 5.82 Å². The van der Waals surface area contributed by atoms with E-state index in [9.17, 15) is 4.39 Å². The Morgan fingerprint density at radius 1 is 1.20 bits per heavy atom. The number of anilines is 1. The highest BCUT2D eigenvalue weighted by atomic mass is 19.1. The first-order chi connectivity index (χ1) is 9.69. The molecule has 2 aromatic rings. The molecule has 1 aromatic carbocycles. The van der Waals surface area contributed by atoms with Crippen molar-refractivity contribution in [2.45, 2.75) is 20.0 Å². The fourth-order valence-electron chi connectivity index (χ4n) is 2.02. The van der Waals surface area contributed by atoms with Gasteiger partial charge < -0.3 is 10.2 Å². The van der Waals surface area contributed by atoms with E-state index in [1.165, 1.54) is 6.07 Å². The lowest BCUT2D eigenvalue weighted by atomic mass is 10.2. The molecule has 0 amide bonds. The molecule has 0 atom stereocenters. The maximum absolute atomic E-state index is 13.2. The lowest BCUT2D eigenvalue weighted by Gasteiger charge is -2.19. The van der Waals surface area contributed by atoms with Gasteiger partial charge in [0.25, 0.3) is 0 Å². The second kappa shape index (κ2) is 7.01. The number of benzene rings is 1. The maximum Gasteiger partial charge on any atom is 0.128 e. The summed E-state index contributed by atoms with van der Waals surface area (Å²) in [6.07, 6.45) is 0. The number of aromatic nitrogens is 1. The largest absolute Gasteiger partial charge is 0.355 e. The zero-order valence-electron chi connectivity index (χ0n) is 11.9. The van der Waals surface area contributed by atoms with Crippen LogP contribution in [0.25, 0.3) is 0 Å². The molecule has 0 fully saturated rings. The van der Waals surface area contributed by atoms with Crippen molar-refractivity contribution in [2.75, 3.05) is 18.5 Å². The fourth-order valence-corrected chi connectivity index (χ4v) is 2.02. The van der Waals surface area contributed by atoms with E-state index in [1.807, 2.05) is 36.2 Å². The fraction of sp³-hybridized carbons (Fsp3) is 0.312. The molecule has 1 aromatic heterocycles. The maximum atomic E-state index is 13.2. The third kappa shape index (κ3) is 4.03. The average Bonchev–Trinajstić information content (AvgIpc) is 2.45. The predicted octanol–water partition coefficient (Wildman–Crippen LogP) is 2.97. The van der Waals surface area contributed by atoms with E-state index in [2.05, 4.69) is 17.2 Å². The Morgan fingerprint density at radius 3 is 2.75 bits per heavy atom. The molecule has 0 spiro atoms. The van der Waals surface area contributed by atoms with E-state index in [0.29, 0.717) is 6.54 Å². The van der Waals surface area contributed by atoms with Crippen LogP contribution in [-0.4, -0.2) is 18.6 Å². The molecule has 1 N–H and O–H groups in total. The lowest BCUT2D eigenvalue weighted by molar-refractivity contribution is 0.625. The Kier molecular flexibility index (Phi) is 5.07. The first-order valence-corrected chi connectivity index (χ1v) is 6.81. The Balaban J connectivity index is 2.06. The number of rotatable bonds is 6. The summed E-state index contributed by atoms with van der Waals surface area (Å²) in [7, 11) is 1.96. The van der Waals surface area contributed by atoms with Crippen LogP contribution in [0.15, 0.2) is 42.5 Å². The zero-order valence-corrected chi connectivity index (χ0v) is 11.9. The minimum absolute atomic E-state index is 0.204. The lowest BCUT2D eigenvalue weighted by Crippen LogP contribution is -2.19. The van der Waals surface area contributed by atoms with Crippen LogP contribution in [-0.2, 0) is 13.1 Å². The van der Waals surface area contributed by atoms with E-state index in [-0.39, 0.29) is 5.82 Å². The van der Waals surface area contributed by atoms with Gasteiger partial charge in [0, 0.05) is 20.1 Å². The van der Waals surface area contributed by atoms with Crippen LogP contribution in [0, 0.1) is 5.82 Å². The van der Waals surface area contributed by atoms with Crippen molar-refractivity contribution < 1.29 is 4.39 Å². The van der Waals surface area contributed by atoms with Gasteiger partial charge in [0.1, 0.15) is 11.6 Å². The number of nitrogens with zero attached hydrogens (tertiary/aromatic N) is 2. The van der Waals surface area contributed by atoms with E-state index in [1.54, 1.807) is 12.1 Å². The Bertz CT molecular complexity index is 557. The van der Waals surface area contributed by atoms with Gasteiger partial charge in [0.05, 0.1) is 5.69 Å². The molecule has 3 nitrogen and oxygen atoms in total. The van der Waals surface area contributed by atoms with E-state index < -0.39 is 0 Å². The smallest absolute Gasteiger partial charge is 0.128 e. The zero-order chi connectivity index (χ0) is 14.4. The molecule has 0 unspecified atom stereocenters. The standard InChI is InChI=1S/C16H20FN3/c1-3-18-11-15-8-5-9-16(19-15)20(2)12-13-6-4-7-14(17)10-13/h4-10,18H,3,11-12H2,1-2H3. The summed E-state index contributed by atoms with van der Waals surface area (Å²) in [6.45, 7) is 4.39. The Labute approximate surface area is 119 Å². The van der Waals surface area contributed by atoms with Crippen molar-refractivity contribution in [1.29, 1.82) is 0 Å². The van der Waals surface area contributed by atoms with Crippen molar-refractivity contribution in [3.05, 3.63) is 59.5 Å². The number of nitrogens with one attached hydrogen (secondary N) is 1. The quantitative estimate of drug-likeness (QED) is 0.877. The molecule has 0 radical (unpaired) electrons. The van der Waals surface area contributed by atoms with E-state index in [0.717, 1.165) is 30.2 Å². The minimum Gasteiger partial charge on any atom is -0.355 e. The summed E-state index contributed by atoms with van der Waals surface area (Å²) in [4.78, 5) is 6.62. The molecule has 1 heterocycles. The number of halogens is 1. The second-order valence-electron chi connectivity index (χ2n) is 4.75. The number of hydrogen-bond acceptors (Lipinski definition) is 3. The third-order valence-electron chi connectivity index (χ3n) is 3.05. The summed E-state index contributed by atoms with van der Waals surface area (Å²) < 4.78 is 13.2. The number of hydrogen-bond donors (Lipinski definition) is 1. The molecule has 0 bridgehead atoms. The molecule has 0 aliphatic carbocycles. The van der Waals surface area contributed by atoms with Crippen molar-refractivity contribution in [3.8, 4) is 0 Å². The first kappa shape index (κ1) is 14.5. The van der Waals surface area contributed by atoms with Crippen LogP contribution in [0.3, 0.4) is 0 Å². The van der Waals surface area contributed by atoms with E-state index in [4.69, 9.17) is 0 Å². The average molecular weight is 273 g/mol. The molecule has 2 rings (SSSR count). The van der Waals surface area contributed by atoms with Crippen LogP contribution in [0.5, 0.6) is 0 Å². The van der Waals surface area contributed by atoms with Gasteiger partial charge in [-0.2, -0.15) is 0 Å². The van der Waals surface area contributed by atoms with Gasteiger partial charge in [-0.25, -0.2) is 9.37 Å². The van der Waals surface area contributed by atoms with Crippen molar-refractivity contribution in [2.24, 2.45) is 0 Å². The molecule has 0 saturated carbocycles. The van der Waals surface area contributed by atoms with Crippen molar-refractivity contribution in [1.82, 2.24) is 10.3 Å². The molecular weight excluding hydrogens is 253 g/mol. The third-order valence-corrected chi connectivity index (χ3v) is 3.05. The van der Waals surface area contributed by atoms with Crippen LogP contribution < -0.4 is 10.2 Å². The van der Waals surface area contributed by atoms with Crippen LogP contribution in [0.4, 0.5) is 10.2 Å². The molecule has 0 aliphatic heterocycles. The van der Waals surface area contributed by atoms with Gasteiger partial charge in [-0.3, -0.25) is 0 Å². The highest BCUT2D eigenvalue weighted by Crippen LogP contribution is 2.14. The van der Waals surface area contributed by atoms with Gasteiger partial charge in [0.15, 0.2) is 0 Å². The van der Waals surface area contributed by atoms with Crippen molar-refractivity contribution in [3.63, 3.8) is 0 Å². The molecular formula is C16H20FN3. The highest BCUT2D eigenvalue weighted by Gasteiger charge is 2.05. The van der Waals surface area contributed by atoms with Gasteiger partial charge in [-0.1, -0.05) is 25.1 Å². The first-order valence-electron chi connectivity index (χ1n) is 6.81. The molecule has 0 saturated heterocycles. The molecule has 20 heavy (non-hydrogen) atoms. The summed E-state index contributed by atoms with van der Waals surface area (Å²) in [5.41, 5.74) is 1.95. The minimum atomic E-state index is -0.204. The van der Waals surface area contributed by atoms with Gasteiger partial charge in [-0.05, 0) is 36.4 Å². The molecule has 0 aliphatic rings. The summed E-state index contributed by atoms with van der Waals surface area (Å²) in [5.74, 6) is 0.689. The van der Waals surface area contributed by atoms with Gasteiger partial charge in [-0.15, -0.1) is 0 Å². The van der Waals surface area contributed by atoms with Crippen LogP contribution in [0.1, 0.15) is 18.2 Å². The van der Waals surface area contributed by atoms with Crippen LogP contribution >= 0.6 is 0 Å². The normalized spacial score (nSPS) is 10.6. The monoisotopic (exact) mass is 273 g/mol. The van der Waals surface area contributed by atoms with Gasteiger partial charge in [0.2, 0.25) is 0 Å². The van der Waals surface area contributed by atoms with E-state index >= 15 is 0 Å². The highest BCUT2D eigenvalue weighted by molar-refractivity contribution is 5.39. The Hall–Kier alpha value is -1.94. The predicted molar refractivity (Wildman–Crippen MR) is 80.1 cm³/mol. The SMILES string of the molecule is CCNCc1cccc(N(C)Cc2cccc(F)c2)n1. The molecule has 106 valence electrons.